The molecular formula is C22H25N3O3. The molecule has 1 unspecified atom stereocenters. The number of amides is 2. The van der Waals surface area contributed by atoms with E-state index in [1.54, 1.807) is 18.0 Å². The van der Waals surface area contributed by atoms with E-state index < -0.39 is 0 Å². The topological polar surface area (TPSA) is 71.5 Å². The normalized spacial score (nSPS) is 16.8. The van der Waals surface area contributed by atoms with Crippen LogP contribution in [-0.2, 0) is 9.53 Å². The number of benzene rings is 1. The Morgan fingerprint density at radius 3 is 2.93 bits per heavy atom. The molecule has 1 N–H and O–H groups in total. The maximum atomic E-state index is 12.7. The highest BCUT2D eigenvalue weighted by Crippen LogP contribution is 2.20. The van der Waals surface area contributed by atoms with Crippen LogP contribution in [-0.4, -0.2) is 41.6 Å². The zero-order valence-corrected chi connectivity index (χ0v) is 16.0. The van der Waals surface area contributed by atoms with Crippen molar-refractivity contribution in [3.8, 4) is 0 Å². The summed E-state index contributed by atoms with van der Waals surface area (Å²) in [6.07, 6.45) is 6.85. The number of rotatable bonds is 5. The number of anilines is 1. The van der Waals surface area contributed by atoms with E-state index in [2.05, 4.69) is 10.3 Å². The average molecular weight is 379 g/mol. The minimum absolute atomic E-state index is 0.0696. The van der Waals surface area contributed by atoms with E-state index in [-0.39, 0.29) is 17.9 Å². The van der Waals surface area contributed by atoms with Crippen molar-refractivity contribution in [2.75, 3.05) is 25.0 Å². The first-order valence-corrected chi connectivity index (χ1v) is 9.57. The van der Waals surface area contributed by atoms with Gasteiger partial charge in [0.15, 0.2) is 0 Å². The number of nitrogens with zero attached hydrogens (tertiary/aromatic N) is 2. The number of likely N-dealkylation sites (tertiary alicyclic amines) is 1. The Balaban J connectivity index is 1.61. The molecule has 6 heteroatoms. The van der Waals surface area contributed by atoms with Crippen LogP contribution in [0, 0.1) is 5.92 Å². The molecule has 2 aromatic rings. The van der Waals surface area contributed by atoms with Crippen LogP contribution in [0.1, 0.15) is 31.0 Å². The smallest absolute Gasteiger partial charge is 0.409 e. The third-order valence-electron chi connectivity index (χ3n) is 4.61. The zero-order valence-electron chi connectivity index (χ0n) is 16.0. The number of hydrogen-bond acceptors (Lipinski definition) is 4. The van der Waals surface area contributed by atoms with Gasteiger partial charge in [0.05, 0.1) is 18.2 Å². The van der Waals surface area contributed by atoms with Gasteiger partial charge in [-0.05, 0) is 55.7 Å². The van der Waals surface area contributed by atoms with Gasteiger partial charge in [0.25, 0.3) is 0 Å². The molecule has 28 heavy (non-hydrogen) atoms. The number of aromatic nitrogens is 1. The molecular weight excluding hydrogens is 354 g/mol. The lowest BCUT2D eigenvalue weighted by Crippen LogP contribution is -2.44. The Hall–Kier alpha value is -3.15. The Bertz CT molecular complexity index is 836. The number of carbonyl (C=O) groups is 2. The number of hydrogen-bond donors (Lipinski definition) is 1. The summed E-state index contributed by atoms with van der Waals surface area (Å²) < 4.78 is 5.05. The van der Waals surface area contributed by atoms with Crippen LogP contribution in [0.2, 0.25) is 0 Å². The van der Waals surface area contributed by atoms with Crippen LogP contribution in [0.4, 0.5) is 10.5 Å². The summed E-state index contributed by atoms with van der Waals surface area (Å²) in [4.78, 5) is 30.5. The predicted octanol–water partition coefficient (Wildman–Crippen LogP) is 4.06. The van der Waals surface area contributed by atoms with Crippen molar-refractivity contribution in [1.29, 1.82) is 0 Å². The van der Waals surface area contributed by atoms with Crippen molar-refractivity contribution in [2.45, 2.75) is 19.8 Å². The summed E-state index contributed by atoms with van der Waals surface area (Å²) in [5.74, 6) is -0.300. The lowest BCUT2D eigenvalue weighted by molar-refractivity contribution is -0.121. The lowest BCUT2D eigenvalue weighted by atomic mass is 9.97. The quantitative estimate of drug-likeness (QED) is 0.850. The highest BCUT2D eigenvalue weighted by atomic mass is 16.6. The fraction of sp³-hybridized carbons (Fsp3) is 0.318. The second-order valence-electron chi connectivity index (χ2n) is 6.69. The monoisotopic (exact) mass is 379 g/mol. The van der Waals surface area contributed by atoms with E-state index in [9.17, 15) is 9.59 Å². The van der Waals surface area contributed by atoms with E-state index in [0.717, 1.165) is 29.8 Å². The summed E-state index contributed by atoms with van der Waals surface area (Å²) >= 11 is 0. The highest BCUT2D eigenvalue weighted by Gasteiger charge is 2.29. The van der Waals surface area contributed by atoms with Crippen LogP contribution < -0.4 is 5.32 Å². The van der Waals surface area contributed by atoms with Gasteiger partial charge in [-0.3, -0.25) is 9.78 Å². The fourth-order valence-corrected chi connectivity index (χ4v) is 3.19. The van der Waals surface area contributed by atoms with Crippen molar-refractivity contribution in [3.05, 3.63) is 59.9 Å². The molecule has 6 nitrogen and oxygen atoms in total. The molecule has 2 amide bonds. The van der Waals surface area contributed by atoms with Gasteiger partial charge >= 0.3 is 6.09 Å². The maximum Gasteiger partial charge on any atom is 0.409 e. The standard InChI is InChI=1S/C22H25N3O3/c1-2-28-22(27)25-14-6-8-18(16-25)21(26)24-20-10-5-7-17(15-20)11-12-19-9-3-4-13-23-19/h3-5,7,9-13,15,18H,2,6,8,14,16H2,1H3,(H,24,26). The summed E-state index contributed by atoms with van der Waals surface area (Å²) in [6.45, 7) is 3.15. The van der Waals surface area contributed by atoms with E-state index in [1.807, 2.05) is 54.6 Å². The highest BCUT2D eigenvalue weighted by molar-refractivity contribution is 5.93. The Morgan fingerprint density at radius 1 is 1.25 bits per heavy atom. The first-order chi connectivity index (χ1) is 13.7. The molecule has 1 saturated heterocycles. The predicted molar refractivity (Wildman–Crippen MR) is 110 cm³/mol. The van der Waals surface area contributed by atoms with Crippen LogP contribution in [0.25, 0.3) is 12.2 Å². The van der Waals surface area contributed by atoms with E-state index in [0.29, 0.717) is 19.7 Å². The van der Waals surface area contributed by atoms with Gasteiger partial charge in [0.1, 0.15) is 0 Å². The van der Waals surface area contributed by atoms with Gasteiger partial charge in [-0.25, -0.2) is 4.79 Å². The lowest BCUT2D eigenvalue weighted by Gasteiger charge is -2.31. The van der Waals surface area contributed by atoms with Crippen molar-refractivity contribution < 1.29 is 14.3 Å². The zero-order chi connectivity index (χ0) is 19.8. The first-order valence-electron chi connectivity index (χ1n) is 9.57. The fourth-order valence-electron chi connectivity index (χ4n) is 3.19. The van der Waals surface area contributed by atoms with Crippen LogP contribution in [0.5, 0.6) is 0 Å². The van der Waals surface area contributed by atoms with E-state index in [1.165, 1.54) is 0 Å². The molecule has 2 heterocycles. The summed E-state index contributed by atoms with van der Waals surface area (Å²) in [5, 5.41) is 2.97. The molecule has 0 radical (unpaired) electrons. The molecule has 0 spiro atoms. The van der Waals surface area contributed by atoms with Crippen molar-refractivity contribution >= 4 is 29.8 Å². The van der Waals surface area contributed by atoms with Gasteiger partial charge in [-0.15, -0.1) is 0 Å². The second kappa shape index (κ2) is 9.69. The summed E-state index contributed by atoms with van der Waals surface area (Å²) in [5.41, 5.74) is 2.58. The Kier molecular flexibility index (Phi) is 6.78. The third kappa shape index (κ3) is 5.42. The molecule has 1 aliphatic rings. The number of nitrogens with one attached hydrogen (secondary N) is 1. The number of ether oxygens (including phenoxy) is 1. The van der Waals surface area contributed by atoms with Crippen molar-refractivity contribution in [3.63, 3.8) is 0 Å². The van der Waals surface area contributed by atoms with Crippen molar-refractivity contribution in [2.24, 2.45) is 5.92 Å². The number of carbonyl (C=O) groups excluding carboxylic acids is 2. The molecule has 146 valence electrons. The van der Waals surface area contributed by atoms with Crippen molar-refractivity contribution in [1.82, 2.24) is 9.88 Å². The minimum atomic E-state index is -0.346. The number of pyridine rings is 1. The van der Waals surface area contributed by atoms with Gasteiger partial charge in [0, 0.05) is 25.0 Å². The van der Waals surface area contributed by atoms with Gasteiger partial charge in [0.2, 0.25) is 5.91 Å². The van der Waals surface area contributed by atoms with E-state index in [4.69, 9.17) is 4.74 Å². The van der Waals surface area contributed by atoms with Crippen LogP contribution >= 0.6 is 0 Å². The molecule has 1 fully saturated rings. The van der Waals surface area contributed by atoms with Gasteiger partial charge < -0.3 is 15.0 Å². The first kappa shape index (κ1) is 19.6. The summed E-state index contributed by atoms with van der Waals surface area (Å²) in [7, 11) is 0. The third-order valence-corrected chi connectivity index (χ3v) is 4.61. The molecule has 0 saturated carbocycles. The molecule has 1 aromatic carbocycles. The molecule has 1 atom stereocenters. The van der Waals surface area contributed by atoms with Gasteiger partial charge in [-0.2, -0.15) is 0 Å². The van der Waals surface area contributed by atoms with Gasteiger partial charge in [-0.1, -0.05) is 24.3 Å². The van der Waals surface area contributed by atoms with E-state index >= 15 is 0 Å². The molecule has 0 aliphatic carbocycles. The van der Waals surface area contributed by atoms with Crippen LogP contribution in [0.15, 0.2) is 48.7 Å². The molecule has 1 aromatic heterocycles. The Morgan fingerprint density at radius 2 is 2.14 bits per heavy atom. The largest absolute Gasteiger partial charge is 0.450 e. The maximum absolute atomic E-state index is 12.7. The number of piperidine rings is 1. The summed E-state index contributed by atoms with van der Waals surface area (Å²) in [6, 6.07) is 13.4. The average Bonchev–Trinajstić information content (AvgIpc) is 2.73. The van der Waals surface area contributed by atoms with Crippen LogP contribution in [0.3, 0.4) is 0 Å². The molecule has 0 bridgehead atoms. The second-order valence-corrected chi connectivity index (χ2v) is 6.69. The Labute approximate surface area is 165 Å². The minimum Gasteiger partial charge on any atom is -0.450 e. The molecule has 1 aliphatic heterocycles. The molecule has 3 rings (SSSR count). The SMILES string of the molecule is CCOC(=O)N1CCCC(C(=O)Nc2cccc(C=Cc3ccccn3)c2)C1.